The summed E-state index contributed by atoms with van der Waals surface area (Å²) in [6.45, 7) is 4.25. The molecule has 1 heterocycles. The Balaban J connectivity index is 1.52. The molecule has 0 aliphatic heterocycles. The van der Waals surface area contributed by atoms with E-state index >= 15 is 0 Å². The van der Waals surface area contributed by atoms with Crippen molar-refractivity contribution >= 4 is 17.0 Å². The molecule has 3 rings (SSSR count). The summed E-state index contributed by atoms with van der Waals surface area (Å²) in [7, 11) is 0. The van der Waals surface area contributed by atoms with Crippen molar-refractivity contribution in [3.05, 3.63) is 78.8 Å². The minimum Gasteiger partial charge on any atom is -0.445 e. The number of benzene rings is 2. The zero-order valence-corrected chi connectivity index (χ0v) is 12.8. The van der Waals surface area contributed by atoms with Gasteiger partial charge >= 0.3 is 6.09 Å². The quantitative estimate of drug-likeness (QED) is 0.752. The van der Waals surface area contributed by atoms with Crippen LogP contribution in [0.15, 0.2) is 60.8 Å². The van der Waals surface area contributed by atoms with Crippen LogP contribution in [0.2, 0.25) is 0 Å². The smallest absolute Gasteiger partial charge is 0.407 e. The second-order valence-corrected chi connectivity index (χ2v) is 5.47. The Bertz CT molecular complexity index is 780. The van der Waals surface area contributed by atoms with Crippen LogP contribution in [-0.2, 0) is 17.8 Å². The van der Waals surface area contributed by atoms with Gasteiger partial charge in [0.25, 0.3) is 0 Å². The molecule has 1 radical (unpaired) electrons. The van der Waals surface area contributed by atoms with Gasteiger partial charge < -0.3 is 15.0 Å². The van der Waals surface area contributed by atoms with Crippen LogP contribution in [0.25, 0.3) is 10.9 Å². The van der Waals surface area contributed by atoms with Crippen molar-refractivity contribution in [3.8, 4) is 0 Å². The maximum Gasteiger partial charge on any atom is 0.407 e. The van der Waals surface area contributed by atoms with Crippen molar-refractivity contribution in [3.63, 3.8) is 0 Å². The maximum atomic E-state index is 11.8. The normalized spacial score (nSPS) is 12.0. The van der Waals surface area contributed by atoms with E-state index in [1.807, 2.05) is 54.7 Å². The summed E-state index contributed by atoms with van der Waals surface area (Å²) in [6.07, 6.45) is 2.15. The Morgan fingerprint density at radius 3 is 2.70 bits per heavy atom. The molecule has 4 nitrogen and oxygen atoms in total. The molecule has 23 heavy (non-hydrogen) atoms. The Kier molecular flexibility index (Phi) is 4.62. The van der Waals surface area contributed by atoms with Crippen molar-refractivity contribution in [2.75, 3.05) is 0 Å². The summed E-state index contributed by atoms with van der Waals surface area (Å²) in [5.41, 5.74) is 3.17. The van der Waals surface area contributed by atoms with Gasteiger partial charge in [-0.15, -0.1) is 0 Å². The number of aromatic nitrogens is 1. The molecule has 0 unspecified atom stereocenters. The Morgan fingerprint density at radius 2 is 1.87 bits per heavy atom. The maximum absolute atomic E-state index is 11.8. The minimum atomic E-state index is -0.450. The Labute approximate surface area is 135 Å². The van der Waals surface area contributed by atoms with Gasteiger partial charge in [-0.25, -0.2) is 4.79 Å². The third-order valence-corrected chi connectivity index (χ3v) is 3.68. The predicted molar refractivity (Wildman–Crippen MR) is 90.9 cm³/mol. The number of hydrogen-bond acceptors (Lipinski definition) is 2. The molecule has 2 N–H and O–H groups in total. The third-order valence-electron chi connectivity index (χ3n) is 3.68. The zero-order chi connectivity index (χ0) is 16.1. The number of alkyl carbamates (subject to hydrolysis) is 1. The van der Waals surface area contributed by atoms with Crippen LogP contribution in [0.3, 0.4) is 0 Å². The predicted octanol–water partition coefficient (Wildman–Crippen LogP) is 3.84. The first-order chi connectivity index (χ1) is 11.2. The monoisotopic (exact) mass is 307 g/mol. The molecule has 0 fully saturated rings. The fraction of sp³-hybridized carbons (Fsp3) is 0.158. The summed E-state index contributed by atoms with van der Waals surface area (Å²) in [5.74, 6) is 0. The number of carbonyl (C=O) groups excluding carboxylic acids is 1. The lowest BCUT2D eigenvalue weighted by Gasteiger charge is -2.13. The highest BCUT2D eigenvalue weighted by molar-refractivity contribution is 5.83. The van der Waals surface area contributed by atoms with E-state index in [4.69, 9.17) is 4.74 Å². The molecule has 0 bridgehead atoms. The summed E-state index contributed by atoms with van der Waals surface area (Å²) >= 11 is 0. The van der Waals surface area contributed by atoms with Gasteiger partial charge in [0.1, 0.15) is 6.61 Å². The largest absolute Gasteiger partial charge is 0.445 e. The fourth-order valence-electron chi connectivity index (χ4n) is 2.55. The number of para-hydroxylation sites is 1. The number of H-pyrrole nitrogens is 1. The first-order valence-electron chi connectivity index (χ1n) is 7.57. The second kappa shape index (κ2) is 7.01. The van der Waals surface area contributed by atoms with E-state index < -0.39 is 6.09 Å². The van der Waals surface area contributed by atoms with Crippen LogP contribution in [-0.4, -0.2) is 17.1 Å². The summed E-state index contributed by atoms with van der Waals surface area (Å²) < 4.78 is 5.21. The van der Waals surface area contributed by atoms with Crippen LogP contribution in [0.4, 0.5) is 4.79 Å². The molecule has 1 atom stereocenters. The van der Waals surface area contributed by atoms with E-state index in [0.717, 1.165) is 22.0 Å². The number of ether oxygens (including phenoxy) is 1. The molecule has 0 aliphatic carbocycles. The van der Waals surface area contributed by atoms with E-state index in [0.29, 0.717) is 6.42 Å². The first kappa shape index (κ1) is 15.2. The fourth-order valence-corrected chi connectivity index (χ4v) is 2.55. The van der Waals surface area contributed by atoms with E-state index in [-0.39, 0.29) is 12.6 Å². The summed E-state index contributed by atoms with van der Waals surface area (Å²) in [4.78, 5) is 15.1. The molecule has 0 aliphatic rings. The molecular formula is C19H19N2O2. The molecule has 0 spiro atoms. The highest BCUT2D eigenvalue weighted by atomic mass is 16.5. The lowest BCUT2D eigenvalue weighted by Crippen LogP contribution is -2.34. The number of rotatable bonds is 5. The topological polar surface area (TPSA) is 54.1 Å². The van der Waals surface area contributed by atoms with Gasteiger partial charge in [-0.05, 0) is 30.5 Å². The van der Waals surface area contributed by atoms with Crippen molar-refractivity contribution in [2.45, 2.75) is 19.1 Å². The van der Waals surface area contributed by atoms with E-state index in [1.54, 1.807) is 0 Å². The number of aromatic amines is 1. The van der Waals surface area contributed by atoms with Crippen molar-refractivity contribution in [2.24, 2.45) is 0 Å². The number of fused-ring (bicyclic) bond motifs is 1. The van der Waals surface area contributed by atoms with Gasteiger partial charge in [0, 0.05) is 23.1 Å². The van der Waals surface area contributed by atoms with E-state index in [1.165, 1.54) is 0 Å². The number of carbonyl (C=O) groups is 1. The molecule has 3 aromatic rings. The molecule has 0 saturated carbocycles. The zero-order valence-electron chi connectivity index (χ0n) is 12.8. The molecule has 1 amide bonds. The highest BCUT2D eigenvalue weighted by Gasteiger charge is 2.12. The molecule has 1 aromatic heterocycles. The van der Waals surface area contributed by atoms with Gasteiger partial charge in [0.2, 0.25) is 0 Å². The average molecular weight is 307 g/mol. The summed E-state index contributed by atoms with van der Waals surface area (Å²) in [6, 6.07) is 17.4. The molecule has 0 saturated heterocycles. The van der Waals surface area contributed by atoms with Crippen molar-refractivity contribution < 1.29 is 9.53 Å². The van der Waals surface area contributed by atoms with Crippen molar-refractivity contribution in [1.29, 1.82) is 0 Å². The Morgan fingerprint density at radius 1 is 1.13 bits per heavy atom. The van der Waals surface area contributed by atoms with Gasteiger partial charge in [0.05, 0.1) is 0 Å². The van der Waals surface area contributed by atoms with Crippen LogP contribution in [0, 0.1) is 6.92 Å². The SMILES string of the molecule is [CH2][C@@H](Cc1c[nH]c2ccccc12)NC(=O)OCc1ccccc1. The van der Waals surface area contributed by atoms with Gasteiger partial charge in [-0.3, -0.25) is 0 Å². The molecule has 4 heteroatoms. The molecular weight excluding hydrogens is 288 g/mol. The molecule has 117 valence electrons. The van der Waals surface area contributed by atoms with Crippen LogP contribution in [0.5, 0.6) is 0 Å². The second-order valence-electron chi connectivity index (χ2n) is 5.47. The minimum absolute atomic E-state index is 0.252. The van der Waals surface area contributed by atoms with Crippen molar-refractivity contribution in [1.82, 2.24) is 10.3 Å². The van der Waals surface area contributed by atoms with Crippen LogP contribution >= 0.6 is 0 Å². The third kappa shape index (κ3) is 3.92. The van der Waals surface area contributed by atoms with Crippen LogP contribution in [0.1, 0.15) is 11.1 Å². The van der Waals surface area contributed by atoms with E-state index in [9.17, 15) is 4.79 Å². The lowest BCUT2D eigenvalue weighted by atomic mass is 10.1. The molecule has 2 aromatic carbocycles. The van der Waals surface area contributed by atoms with Gasteiger partial charge in [-0.1, -0.05) is 48.5 Å². The number of hydrogen-bond donors (Lipinski definition) is 2. The highest BCUT2D eigenvalue weighted by Crippen LogP contribution is 2.18. The summed E-state index contributed by atoms with van der Waals surface area (Å²) in [5, 5.41) is 3.92. The number of amides is 1. The van der Waals surface area contributed by atoms with Crippen LogP contribution < -0.4 is 5.32 Å². The van der Waals surface area contributed by atoms with Gasteiger partial charge in [0.15, 0.2) is 0 Å². The van der Waals surface area contributed by atoms with E-state index in [2.05, 4.69) is 23.3 Å². The average Bonchev–Trinajstić information content (AvgIpc) is 2.97. The standard InChI is InChI=1S/C19H19N2O2/c1-14(11-16-12-20-18-10-6-5-9-17(16)18)21-19(22)23-13-15-7-3-2-4-8-15/h2-10,12,14,20H,1,11,13H2,(H,21,22)/t14-/m0/s1. The Hall–Kier alpha value is -2.75. The lowest BCUT2D eigenvalue weighted by molar-refractivity contribution is 0.137. The van der Waals surface area contributed by atoms with Gasteiger partial charge in [-0.2, -0.15) is 0 Å². The first-order valence-corrected chi connectivity index (χ1v) is 7.57. The number of nitrogens with one attached hydrogen (secondary N) is 2.